The quantitative estimate of drug-likeness (QED) is 0.791. The molecule has 126 valence electrons. The van der Waals surface area contributed by atoms with Gasteiger partial charge in [-0.1, -0.05) is 36.4 Å². The largest absolute Gasteiger partial charge is 0.486 e. The van der Waals surface area contributed by atoms with Crippen LogP contribution in [0.5, 0.6) is 17.2 Å². The number of hydrogen-bond acceptors (Lipinski definition) is 4. The Morgan fingerprint density at radius 1 is 0.960 bits per heavy atom. The molecule has 0 radical (unpaired) electrons. The highest BCUT2D eigenvalue weighted by Gasteiger charge is 2.13. The zero-order valence-electron chi connectivity index (χ0n) is 13.5. The molecule has 25 heavy (non-hydrogen) atoms. The van der Waals surface area contributed by atoms with E-state index in [4.69, 9.17) is 14.2 Å². The highest BCUT2D eigenvalue weighted by Crippen LogP contribution is 2.32. The summed E-state index contributed by atoms with van der Waals surface area (Å²) in [5.41, 5.74) is 0.649. The number of benzene rings is 3. The van der Waals surface area contributed by atoms with Crippen molar-refractivity contribution in [2.24, 2.45) is 0 Å². The van der Waals surface area contributed by atoms with E-state index < -0.39 is 0 Å². The van der Waals surface area contributed by atoms with Gasteiger partial charge < -0.3 is 19.5 Å². The van der Waals surface area contributed by atoms with Crippen molar-refractivity contribution < 1.29 is 19.0 Å². The van der Waals surface area contributed by atoms with Crippen molar-refractivity contribution in [1.82, 2.24) is 0 Å². The van der Waals surface area contributed by atoms with Crippen molar-refractivity contribution in [2.45, 2.75) is 0 Å². The van der Waals surface area contributed by atoms with Gasteiger partial charge in [0.2, 0.25) is 0 Å². The van der Waals surface area contributed by atoms with Crippen LogP contribution in [-0.2, 0) is 4.79 Å². The Bertz CT molecular complexity index is 917. The Balaban J connectivity index is 1.42. The van der Waals surface area contributed by atoms with Crippen LogP contribution in [0.1, 0.15) is 0 Å². The first-order valence-electron chi connectivity index (χ1n) is 8.10. The molecule has 0 aromatic heterocycles. The number of hydrogen-bond donors (Lipinski definition) is 1. The van der Waals surface area contributed by atoms with E-state index in [0.29, 0.717) is 36.1 Å². The zero-order valence-corrected chi connectivity index (χ0v) is 13.5. The number of anilines is 1. The fourth-order valence-corrected chi connectivity index (χ4v) is 2.78. The van der Waals surface area contributed by atoms with E-state index in [9.17, 15) is 4.79 Å². The molecule has 0 saturated heterocycles. The summed E-state index contributed by atoms with van der Waals surface area (Å²) in [5, 5.41) is 4.87. The van der Waals surface area contributed by atoms with E-state index in [1.165, 1.54) is 0 Å². The van der Waals surface area contributed by atoms with E-state index in [-0.39, 0.29) is 12.5 Å². The Labute approximate surface area is 145 Å². The Hall–Kier alpha value is -3.21. The van der Waals surface area contributed by atoms with Crippen molar-refractivity contribution in [3.8, 4) is 17.2 Å². The van der Waals surface area contributed by atoms with Crippen molar-refractivity contribution in [2.75, 3.05) is 25.1 Å². The van der Waals surface area contributed by atoms with Gasteiger partial charge in [0.25, 0.3) is 5.91 Å². The molecule has 1 N–H and O–H groups in total. The summed E-state index contributed by atoms with van der Waals surface area (Å²) in [6.07, 6.45) is 0. The Morgan fingerprint density at radius 2 is 1.76 bits per heavy atom. The van der Waals surface area contributed by atoms with Crippen LogP contribution >= 0.6 is 0 Å². The lowest BCUT2D eigenvalue weighted by atomic mass is 10.1. The molecule has 3 aromatic rings. The van der Waals surface area contributed by atoms with Gasteiger partial charge in [-0.25, -0.2) is 0 Å². The molecule has 1 amide bonds. The summed E-state index contributed by atoms with van der Waals surface area (Å²) < 4.78 is 16.7. The fraction of sp³-hybridized carbons (Fsp3) is 0.150. The second-order valence-corrected chi connectivity index (χ2v) is 5.67. The van der Waals surface area contributed by atoms with Crippen LogP contribution in [0.2, 0.25) is 0 Å². The number of rotatable bonds is 4. The molecule has 4 rings (SSSR count). The molecule has 1 heterocycles. The number of amides is 1. The van der Waals surface area contributed by atoms with Crippen molar-refractivity contribution in [3.63, 3.8) is 0 Å². The molecule has 0 bridgehead atoms. The molecule has 0 aliphatic carbocycles. The van der Waals surface area contributed by atoms with Crippen molar-refractivity contribution in [1.29, 1.82) is 0 Å². The lowest BCUT2D eigenvalue weighted by Gasteiger charge is -2.19. The molecule has 1 aliphatic heterocycles. The lowest BCUT2D eigenvalue weighted by molar-refractivity contribution is -0.118. The lowest BCUT2D eigenvalue weighted by Crippen LogP contribution is -2.21. The van der Waals surface area contributed by atoms with Gasteiger partial charge in [-0.2, -0.15) is 0 Å². The summed E-state index contributed by atoms with van der Waals surface area (Å²) >= 11 is 0. The van der Waals surface area contributed by atoms with Crippen molar-refractivity contribution >= 4 is 22.4 Å². The van der Waals surface area contributed by atoms with Crippen LogP contribution in [0.4, 0.5) is 5.69 Å². The zero-order chi connectivity index (χ0) is 17.1. The normalized spacial score (nSPS) is 12.6. The summed E-state index contributed by atoms with van der Waals surface area (Å²) in [7, 11) is 0. The molecule has 0 unspecified atom stereocenters. The van der Waals surface area contributed by atoms with Crippen LogP contribution in [0.25, 0.3) is 10.8 Å². The van der Waals surface area contributed by atoms with Gasteiger partial charge in [0.15, 0.2) is 18.1 Å². The molecular formula is C20H17NO4. The smallest absolute Gasteiger partial charge is 0.262 e. The molecular weight excluding hydrogens is 318 g/mol. The maximum Gasteiger partial charge on any atom is 0.262 e. The molecule has 0 saturated carbocycles. The monoisotopic (exact) mass is 335 g/mol. The summed E-state index contributed by atoms with van der Waals surface area (Å²) in [6.45, 7) is 0.981. The van der Waals surface area contributed by atoms with Crippen LogP contribution in [0.15, 0.2) is 60.7 Å². The Kier molecular flexibility index (Phi) is 4.12. The molecule has 5 nitrogen and oxygen atoms in total. The molecule has 5 heteroatoms. The average molecular weight is 335 g/mol. The number of carbonyl (C=O) groups excluding carboxylic acids is 1. The fourth-order valence-electron chi connectivity index (χ4n) is 2.78. The van der Waals surface area contributed by atoms with Crippen LogP contribution in [0.3, 0.4) is 0 Å². The average Bonchev–Trinajstić information content (AvgIpc) is 2.66. The van der Waals surface area contributed by atoms with E-state index in [1.54, 1.807) is 18.2 Å². The van der Waals surface area contributed by atoms with Gasteiger partial charge in [0, 0.05) is 17.1 Å². The summed E-state index contributed by atoms with van der Waals surface area (Å²) in [5.74, 6) is 1.79. The predicted molar refractivity (Wildman–Crippen MR) is 95.5 cm³/mol. The third-order valence-electron chi connectivity index (χ3n) is 3.93. The minimum Gasteiger partial charge on any atom is -0.486 e. The number of nitrogens with one attached hydrogen (secondary N) is 1. The molecule has 3 aromatic carbocycles. The number of fused-ring (bicyclic) bond motifs is 2. The first-order valence-corrected chi connectivity index (χ1v) is 8.10. The SMILES string of the molecule is O=C(COc1cccc2ccccc12)Nc1ccc2c(c1)OCCO2. The Morgan fingerprint density at radius 3 is 2.68 bits per heavy atom. The minimum absolute atomic E-state index is 0.0670. The third kappa shape index (κ3) is 3.35. The minimum atomic E-state index is -0.232. The van der Waals surface area contributed by atoms with Gasteiger partial charge in [-0.05, 0) is 23.6 Å². The van der Waals surface area contributed by atoms with E-state index in [2.05, 4.69) is 5.32 Å². The van der Waals surface area contributed by atoms with E-state index in [1.807, 2.05) is 42.5 Å². The summed E-state index contributed by atoms with van der Waals surface area (Å²) in [6, 6.07) is 19.0. The second kappa shape index (κ2) is 6.73. The topological polar surface area (TPSA) is 56.8 Å². The van der Waals surface area contributed by atoms with Gasteiger partial charge in [-0.3, -0.25) is 4.79 Å². The third-order valence-corrected chi connectivity index (χ3v) is 3.93. The van der Waals surface area contributed by atoms with Crippen LogP contribution < -0.4 is 19.5 Å². The molecule has 0 fully saturated rings. The highest BCUT2D eigenvalue weighted by molar-refractivity contribution is 5.93. The van der Waals surface area contributed by atoms with Crippen LogP contribution in [0, 0.1) is 0 Å². The van der Waals surface area contributed by atoms with Gasteiger partial charge >= 0.3 is 0 Å². The number of carbonyl (C=O) groups is 1. The summed E-state index contributed by atoms with van der Waals surface area (Å²) in [4.78, 5) is 12.2. The first kappa shape index (κ1) is 15.3. The highest BCUT2D eigenvalue weighted by atomic mass is 16.6. The van der Waals surface area contributed by atoms with Gasteiger partial charge in [-0.15, -0.1) is 0 Å². The van der Waals surface area contributed by atoms with E-state index in [0.717, 1.165) is 10.8 Å². The first-order chi connectivity index (χ1) is 12.3. The van der Waals surface area contributed by atoms with Crippen molar-refractivity contribution in [3.05, 3.63) is 60.7 Å². The molecule has 1 aliphatic rings. The van der Waals surface area contributed by atoms with Gasteiger partial charge in [0.1, 0.15) is 19.0 Å². The maximum absolute atomic E-state index is 12.2. The number of ether oxygens (including phenoxy) is 3. The van der Waals surface area contributed by atoms with E-state index >= 15 is 0 Å². The molecule has 0 spiro atoms. The predicted octanol–water partition coefficient (Wildman–Crippen LogP) is 3.63. The van der Waals surface area contributed by atoms with Gasteiger partial charge in [0.05, 0.1) is 0 Å². The standard InChI is InChI=1S/C20H17NO4/c22-20(21-15-8-9-18-19(12-15)24-11-10-23-18)13-25-17-7-3-5-14-4-1-2-6-16(14)17/h1-9,12H,10-11,13H2,(H,21,22). The maximum atomic E-state index is 12.2. The second-order valence-electron chi connectivity index (χ2n) is 5.67. The molecule has 0 atom stereocenters. The van der Waals surface area contributed by atoms with Crippen LogP contribution in [-0.4, -0.2) is 25.7 Å².